The van der Waals surface area contributed by atoms with Crippen molar-refractivity contribution in [1.82, 2.24) is 0 Å². The minimum absolute atomic E-state index is 0.0572. The Bertz CT molecular complexity index is 930. The van der Waals surface area contributed by atoms with Crippen LogP contribution in [0.4, 0.5) is 11.4 Å². The summed E-state index contributed by atoms with van der Waals surface area (Å²) < 4.78 is 5.29. The van der Waals surface area contributed by atoms with Crippen LogP contribution < -0.4 is 9.64 Å². The van der Waals surface area contributed by atoms with Gasteiger partial charge in [0.25, 0.3) is 11.6 Å². The molecule has 0 saturated heterocycles. The van der Waals surface area contributed by atoms with Gasteiger partial charge in [0.15, 0.2) is 6.61 Å². The third-order valence-electron chi connectivity index (χ3n) is 4.47. The SMILES string of the molecule is Cc1cc(C(=O)N2CCc3ccc([N+](=O)[O-])cc32)cc(C)c1OCC(=O)O. The smallest absolute Gasteiger partial charge is 0.341 e. The van der Waals surface area contributed by atoms with Crippen LogP contribution in [-0.4, -0.2) is 35.1 Å². The van der Waals surface area contributed by atoms with E-state index < -0.39 is 17.5 Å². The van der Waals surface area contributed by atoms with Crippen LogP contribution in [0.5, 0.6) is 5.75 Å². The van der Waals surface area contributed by atoms with Crippen LogP contribution in [0.25, 0.3) is 0 Å². The summed E-state index contributed by atoms with van der Waals surface area (Å²) in [6.45, 7) is 3.47. The highest BCUT2D eigenvalue weighted by Gasteiger charge is 2.28. The van der Waals surface area contributed by atoms with Crippen molar-refractivity contribution >= 4 is 23.3 Å². The number of carbonyl (C=O) groups is 2. The zero-order chi connectivity index (χ0) is 19.7. The zero-order valence-corrected chi connectivity index (χ0v) is 14.9. The number of carboxylic acid groups (broad SMARTS) is 1. The predicted molar refractivity (Wildman–Crippen MR) is 97.5 cm³/mol. The molecular weight excluding hydrogens is 352 g/mol. The molecule has 140 valence electrons. The van der Waals surface area contributed by atoms with E-state index in [0.29, 0.717) is 41.1 Å². The number of nitro groups is 1. The van der Waals surface area contributed by atoms with E-state index in [1.54, 1.807) is 32.0 Å². The molecule has 1 N–H and O–H groups in total. The molecule has 1 aliphatic rings. The predicted octanol–water partition coefficient (Wildman–Crippen LogP) is 2.88. The molecule has 0 fully saturated rings. The van der Waals surface area contributed by atoms with Gasteiger partial charge >= 0.3 is 5.97 Å². The molecule has 3 rings (SSSR count). The normalized spacial score (nSPS) is 12.6. The standard InChI is InChI=1S/C19H18N2O6/c1-11-7-14(8-12(2)18(11)27-10-17(22)23)19(24)20-6-5-13-3-4-15(21(25)26)9-16(13)20/h3-4,7-9H,5-6,10H2,1-2H3,(H,22,23). The maximum Gasteiger partial charge on any atom is 0.341 e. The molecule has 1 amide bonds. The van der Waals surface area contributed by atoms with Gasteiger partial charge in [-0.3, -0.25) is 14.9 Å². The van der Waals surface area contributed by atoms with E-state index in [4.69, 9.17) is 9.84 Å². The fourth-order valence-electron chi connectivity index (χ4n) is 3.28. The Morgan fingerprint density at radius 3 is 2.48 bits per heavy atom. The Kier molecular flexibility index (Phi) is 4.81. The lowest BCUT2D eigenvalue weighted by Gasteiger charge is -2.19. The van der Waals surface area contributed by atoms with Gasteiger partial charge in [-0.25, -0.2) is 4.79 Å². The Labute approximate surface area is 155 Å². The van der Waals surface area contributed by atoms with Crippen molar-refractivity contribution in [2.45, 2.75) is 20.3 Å². The van der Waals surface area contributed by atoms with Crippen molar-refractivity contribution in [1.29, 1.82) is 0 Å². The fourth-order valence-corrected chi connectivity index (χ4v) is 3.28. The number of rotatable bonds is 5. The third kappa shape index (κ3) is 3.59. The number of hydrogen-bond donors (Lipinski definition) is 1. The van der Waals surface area contributed by atoms with E-state index in [1.807, 2.05) is 0 Å². The van der Waals surface area contributed by atoms with Gasteiger partial charge in [-0.05, 0) is 49.1 Å². The molecule has 8 nitrogen and oxygen atoms in total. The van der Waals surface area contributed by atoms with Crippen molar-refractivity contribution < 1.29 is 24.4 Å². The van der Waals surface area contributed by atoms with E-state index in [9.17, 15) is 19.7 Å². The van der Waals surface area contributed by atoms with Crippen molar-refractivity contribution in [3.8, 4) is 5.75 Å². The second-order valence-electron chi connectivity index (χ2n) is 6.40. The number of amides is 1. The zero-order valence-electron chi connectivity index (χ0n) is 14.9. The van der Waals surface area contributed by atoms with Crippen molar-refractivity contribution in [3.63, 3.8) is 0 Å². The topological polar surface area (TPSA) is 110 Å². The van der Waals surface area contributed by atoms with Crippen LogP contribution in [0.3, 0.4) is 0 Å². The van der Waals surface area contributed by atoms with Gasteiger partial charge in [-0.2, -0.15) is 0 Å². The number of non-ortho nitro benzene ring substituents is 1. The van der Waals surface area contributed by atoms with Crippen LogP contribution in [0.15, 0.2) is 30.3 Å². The molecular formula is C19H18N2O6. The Morgan fingerprint density at radius 1 is 1.22 bits per heavy atom. The highest BCUT2D eigenvalue weighted by Crippen LogP contribution is 2.33. The molecule has 1 aliphatic heterocycles. The summed E-state index contributed by atoms with van der Waals surface area (Å²) in [5.41, 5.74) is 3.11. The van der Waals surface area contributed by atoms with E-state index in [1.165, 1.54) is 17.0 Å². The van der Waals surface area contributed by atoms with Gasteiger partial charge in [0, 0.05) is 24.2 Å². The molecule has 2 aromatic rings. The van der Waals surface area contributed by atoms with Gasteiger partial charge in [-0.1, -0.05) is 6.07 Å². The summed E-state index contributed by atoms with van der Waals surface area (Å²) in [6.07, 6.45) is 0.636. The first-order valence-corrected chi connectivity index (χ1v) is 8.33. The largest absolute Gasteiger partial charge is 0.481 e. The summed E-state index contributed by atoms with van der Waals surface area (Å²) in [7, 11) is 0. The Hall–Kier alpha value is -3.42. The summed E-state index contributed by atoms with van der Waals surface area (Å²) in [5, 5.41) is 19.8. The van der Waals surface area contributed by atoms with Crippen LogP contribution in [-0.2, 0) is 11.2 Å². The first-order valence-electron chi connectivity index (χ1n) is 8.33. The maximum atomic E-state index is 13.0. The fraction of sp³-hybridized carbons (Fsp3) is 0.263. The molecule has 1 heterocycles. The summed E-state index contributed by atoms with van der Waals surface area (Å²) in [6, 6.07) is 7.82. The maximum absolute atomic E-state index is 13.0. The molecule has 0 radical (unpaired) electrons. The number of nitro benzene ring substituents is 1. The van der Waals surface area contributed by atoms with Gasteiger partial charge < -0.3 is 14.7 Å². The van der Waals surface area contributed by atoms with Gasteiger partial charge in [-0.15, -0.1) is 0 Å². The van der Waals surface area contributed by atoms with Crippen LogP contribution in [0, 0.1) is 24.0 Å². The number of aryl methyl sites for hydroxylation is 2. The van der Waals surface area contributed by atoms with E-state index in [2.05, 4.69) is 0 Å². The third-order valence-corrected chi connectivity index (χ3v) is 4.47. The average Bonchev–Trinajstić information content (AvgIpc) is 3.03. The highest BCUT2D eigenvalue weighted by molar-refractivity contribution is 6.07. The van der Waals surface area contributed by atoms with Crippen molar-refractivity contribution in [2.75, 3.05) is 18.1 Å². The van der Waals surface area contributed by atoms with Crippen LogP contribution in [0.2, 0.25) is 0 Å². The molecule has 8 heteroatoms. The number of benzene rings is 2. The number of aliphatic carboxylic acids is 1. The van der Waals surface area contributed by atoms with Crippen molar-refractivity contribution in [2.24, 2.45) is 0 Å². The second-order valence-corrected chi connectivity index (χ2v) is 6.40. The highest BCUT2D eigenvalue weighted by atomic mass is 16.6. The molecule has 2 aromatic carbocycles. The number of carboxylic acids is 1. The lowest BCUT2D eigenvalue weighted by atomic mass is 10.0. The first kappa shape index (κ1) is 18.4. The number of anilines is 1. The Balaban J connectivity index is 1.91. The first-order chi connectivity index (χ1) is 12.8. The molecule has 0 atom stereocenters. The van der Waals surface area contributed by atoms with Gasteiger partial charge in [0.2, 0.25) is 0 Å². The van der Waals surface area contributed by atoms with E-state index >= 15 is 0 Å². The van der Waals surface area contributed by atoms with E-state index in [0.717, 1.165) is 5.56 Å². The van der Waals surface area contributed by atoms with Crippen molar-refractivity contribution in [3.05, 3.63) is 62.7 Å². The molecule has 0 saturated carbocycles. The number of carbonyl (C=O) groups excluding carboxylic acids is 1. The van der Waals surface area contributed by atoms with E-state index in [-0.39, 0.29) is 11.6 Å². The number of hydrogen-bond acceptors (Lipinski definition) is 5. The van der Waals surface area contributed by atoms with Crippen LogP contribution >= 0.6 is 0 Å². The molecule has 0 unspecified atom stereocenters. The molecule has 0 spiro atoms. The quantitative estimate of drug-likeness (QED) is 0.640. The lowest BCUT2D eigenvalue weighted by molar-refractivity contribution is -0.384. The molecule has 27 heavy (non-hydrogen) atoms. The van der Waals surface area contributed by atoms with Gasteiger partial charge in [0.1, 0.15) is 5.75 Å². The molecule has 0 bridgehead atoms. The number of ether oxygens (including phenoxy) is 1. The average molecular weight is 370 g/mol. The number of fused-ring (bicyclic) bond motifs is 1. The molecule has 0 aliphatic carbocycles. The summed E-state index contributed by atoms with van der Waals surface area (Å²) >= 11 is 0. The van der Waals surface area contributed by atoms with Gasteiger partial charge in [0.05, 0.1) is 10.6 Å². The lowest BCUT2D eigenvalue weighted by Crippen LogP contribution is -2.29. The summed E-state index contributed by atoms with van der Waals surface area (Å²) in [4.78, 5) is 35.8. The monoisotopic (exact) mass is 370 g/mol. The second kappa shape index (κ2) is 7.06. The Morgan fingerprint density at radius 2 is 1.89 bits per heavy atom. The van der Waals surface area contributed by atoms with Crippen LogP contribution in [0.1, 0.15) is 27.0 Å². The number of nitrogens with zero attached hydrogens (tertiary/aromatic N) is 2. The minimum Gasteiger partial charge on any atom is -0.481 e. The minimum atomic E-state index is -1.08. The summed E-state index contributed by atoms with van der Waals surface area (Å²) in [5.74, 6) is -0.902. The molecule has 0 aromatic heterocycles.